The number of fused-ring (bicyclic) bond motifs is 1. The number of isocyanates is 1. The summed E-state index contributed by atoms with van der Waals surface area (Å²) in [6, 6.07) is 8.55. The van der Waals surface area contributed by atoms with Crippen molar-refractivity contribution in [3.63, 3.8) is 0 Å². The van der Waals surface area contributed by atoms with Crippen molar-refractivity contribution in [2.45, 2.75) is 32.4 Å². The van der Waals surface area contributed by atoms with Crippen molar-refractivity contribution >= 4 is 6.08 Å². The lowest BCUT2D eigenvalue weighted by Crippen LogP contribution is -2.40. The molecule has 1 aliphatic rings. The third-order valence-electron chi connectivity index (χ3n) is 3.17. The molecule has 90 valence electrons. The fraction of sp³-hybridized carbons (Fsp3) is 0.500. The van der Waals surface area contributed by atoms with Gasteiger partial charge >= 0.3 is 0 Å². The Labute approximate surface area is 102 Å². The minimum Gasteiger partial charge on any atom is -0.296 e. The Kier molecular flexibility index (Phi) is 3.41. The Morgan fingerprint density at radius 3 is 2.76 bits per heavy atom. The molecule has 0 unspecified atom stereocenters. The minimum atomic E-state index is -0.339. The van der Waals surface area contributed by atoms with E-state index < -0.39 is 0 Å². The van der Waals surface area contributed by atoms with Gasteiger partial charge in [-0.2, -0.15) is 4.99 Å². The van der Waals surface area contributed by atoms with E-state index >= 15 is 0 Å². The Hall–Kier alpha value is -1.44. The normalized spacial score (nSPS) is 16.1. The lowest BCUT2D eigenvalue weighted by atomic mass is 9.98. The Bertz CT molecular complexity index is 447. The predicted molar refractivity (Wildman–Crippen MR) is 67.6 cm³/mol. The molecule has 3 nitrogen and oxygen atoms in total. The zero-order valence-corrected chi connectivity index (χ0v) is 10.4. The highest BCUT2D eigenvalue weighted by atomic mass is 16.1. The highest BCUT2D eigenvalue weighted by molar-refractivity contribution is 5.34. The standard InChI is InChI=1S/C14H18N2O/c1-14(2,15-11-17)10-16-8-7-12-5-3-4-6-13(12)9-16/h3-6H,7-10H2,1-2H3. The molecule has 17 heavy (non-hydrogen) atoms. The molecular formula is C14H18N2O. The van der Waals surface area contributed by atoms with Crippen molar-refractivity contribution in [3.05, 3.63) is 35.4 Å². The molecule has 3 heteroatoms. The Balaban J connectivity index is 2.06. The van der Waals surface area contributed by atoms with Gasteiger partial charge in [0.1, 0.15) is 0 Å². The second kappa shape index (κ2) is 4.82. The van der Waals surface area contributed by atoms with E-state index in [4.69, 9.17) is 0 Å². The summed E-state index contributed by atoms with van der Waals surface area (Å²) in [6.07, 6.45) is 2.75. The molecule has 0 spiro atoms. The van der Waals surface area contributed by atoms with Crippen molar-refractivity contribution in [1.82, 2.24) is 4.90 Å². The van der Waals surface area contributed by atoms with Crippen molar-refractivity contribution < 1.29 is 4.79 Å². The van der Waals surface area contributed by atoms with Crippen LogP contribution >= 0.6 is 0 Å². The van der Waals surface area contributed by atoms with Gasteiger partial charge < -0.3 is 0 Å². The molecule has 0 bridgehead atoms. The van der Waals surface area contributed by atoms with E-state index in [-0.39, 0.29) is 5.54 Å². The van der Waals surface area contributed by atoms with E-state index in [0.29, 0.717) is 0 Å². The molecule has 1 heterocycles. The van der Waals surface area contributed by atoms with Crippen LogP contribution in [0.25, 0.3) is 0 Å². The highest BCUT2D eigenvalue weighted by Gasteiger charge is 2.23. The van der Waals surface area contributed by atoms with Crippen LogP contribution in [0.5, 0.6) is 0 Å². The van der Waals surface area contributed by atoms with Crippen LogP contribution in [0.3, 0.4) is 0 Å². The molecule has 0 saturated heterocycles. The molecule has 1 aromatic carbocycles. The zero-order valence-electron chi connectivity index (χ0n) is 10.4. The SMILES string of the molecule is CC(C)(CN1CCc2ccccc2C1)N=C=O. The maximum Gasteiger partial charge on any atom is 0.235 e. The van der Waals surface area contributed by atoms with E-state index in [0.717, 1.165) is 26.1 Å². The molecule has 0 aliphatic carbocycles. The van der Waals surface area contributed by atoms with Gasteiger partial charge in [-0.1, -0.05) is 24.3 Å². The first-order valence-corrected chi connectivity index (χ1v) is 5.99. The zero-order chi connectivity index (χ0) is 12.3. The molecule has 0 aromatic heterocycles. The second-order valence-corrected chi connectivity index (χ2v) is 5.24. The lowest BCUT2D eigenvalue weighted by Gasteiger charge is -2.33. The fourth-order valence-corrected chi connectivity index (χ4v) is 2.40. The molecule has 0 saturated carbocycles. The van der Waals surface area contributed by atoms with Crippen molar-refractivity contribution in [3.8, 4) is 0 Å². The number of rotatable bonds is 3. The van der Waals surface area contributed by atoms with Crippen LogP contribution in [-0.4, -0.2) is 29.6 Å². The first-order valence-electron chi connectivity index (χ1n) is 5.99. The number of aliphatic imine (C=N–C) groups is 1. The molecule has 1 aromatic rings. The van der Waals surface area contributed by atoms with Gasteiger partial charge in [-0.25, -0.2) is 4.79 Å². The van der Waals surface area contributed by atoms with E-state index in [1.54, 1.807) is 6.08 Å². The summed E-state index contributed by atoms with van der Waals surface area (Å²) in [6.45, 7) is 6.73. The quantitative estimate of drug-likeness (QED) is 0.589. The molecule has 0 fully saturated rings. The van der Waals surface area contributed by atoms with Crippen LogP contribution in [-0.2, 0) is 17.8 Å². The van der Waals surface area contributed by atoms with Crippen LogP contribution in [0.2, 0.25) is 0 Å². The van der Waals surface area contributed by atoms with Crippen LogP contribution in [0, 0.1) is 0 Å². The summed E-state index contributed by atoms with van der Waals surface area (Å²) in [5, 5.41) is 0. The smallest absolute Gasteiger partial charge is 0.235 e. The average Bonchev–Trinajstić information content (AvgIpc) is 2.28. The average molecular weight is 230 g/mol. The summed E-state index contributed by atoms with van der Waals surface area (Å²) >= 11 is 0. The van der Waals surface area contributed by atoms with Gasteiger partial charge in [0.05, 0.1) is 5.54 Å². The highest BCUT2D eigenvalue weighted by Crippen LogP contribution is 2.21. The van der Waals surface area contributed by atoms with Gasteiger partial charge in [0, 0.05) is 19.6 Å². The van der Waals surface area contributed by atoms with Crippen LogP contribution < -0.4 is 0 Å². The van der Waals surface area contributed by atoms with Crippen LogP contribution in [0.4, 0.5) is 0 Å². The third kappa shape index (κ3) is 3.02. The van der Waals surface area contributed by atoms with E-state index in [9.17, 15) is 4.79 Å². The summed E-state index contributed by atoms with van der Waals surface area (Å²) in [5.74, 6) is 0. The number of benzene rings is 1. The van der Waals surface area contributed by atoms with Gasteiger partial charge in [0.2, 0.25) is 6.08 Å². The van der Waals surface area contributed by atoms with Gasteiger partial charge in [0.25, 0.3) is 0 Å². The fourth-order valence-electron chi connectivity index (χ4n) is 2.40. The maximum absolute atomic E-state index is 10.4. The van der Waals surface area contributed by atoms with Gasteiger partial charge in [0.15, 0.2) is 0 Å². The number of hydrogen-bond donors (Lipinski definition) is 0. The van der Waals surface area contributed by atoms with Crippen LogP contribution in [0.1, 0.15) is 25.0 Å². The molecule has 0 N–H and O–H groups in total. The van der Waals surface area contributed by atoms with Gasteiger partial charge in [-0.3, -0.25) is 4.90 Å². The Morgan fingerprint density at radius 1 is 1.35 bits per heavy atom. The molecule has 0 radical (unpaired) electrons. The second-order valence-electron chi connectivity index (χ2n) is 5.24. The Morgan fingerprint density at radius 2 is 2.06 bits per heavy atom. The van der Waals surface area contributed by atoms with Gasteiger partial charge in [-0.15, -0.1) is 0 Å². The van der Waals surface area contributed by atoms with Crippen molar-refractivity contribution in [2.24, 2.45) is 4.99 Å². The van der Waals surface area contributed by atoms with Gasteiger partial charge in [-0.05, 0) is 31.4 Å². The number of carbonyl (C=O) groups excluding carboxylic acids is 1. The number of nitrogens with zero attached hydrogens (tertiary/aromatic N) is 2. The summed E-state index contributed by atoms with van der Waals surface area (Å²) in [7, 11) is 0. The molecule has 1 aliphatic heterocycles. The predicted octanol–water partition coefficient (Wildman–Crippen LogP) is 2.16. The van der Waals surface area contributed by atoms with Crippen LogP contribution in [0.15, 0.2) is 29.3 Å². The van der Waals surface area contributed by atoms with E-state index in [1.807, 2.05) is 13.8 Å². The molecular weight excluding hydrogens is 212 g/mol. The van der Waals surface area contributed by atoms with Crippen molar-refractivity contribution in [1.29, 1.82) is 0 Å². The lowest BCUT2D eigenvalue weighted by molar-refractivity contribution is 0.210. The first kappa shape index (κ1) is 12.0. The summed E-state index contributed by atoms with van der Waals surface area (Å²) in [4.78, 5) is 16.6. The first-order chi connectivity index (χ1) is 8.11. The largest absolute Gasteiger partial charge is 0.296 e. The molecule has 2 rings (SSSR count). The minimum absolute atomic E-state index is 0.339. The van der Waals surface area contributed by atoms with E-state index in [1.165, 1.54) is 11.1 Å². The monoisotopic (exact) mass is 230 g/mol. The maximum atomic E-state index is 10.4. The molecule has 0 atom stereocenters. The van der Waals surface area contributed by atoms with Crippen molar-refractivity contribution in [2.75, 3.05) is 13.1 Å². The molecule has 0 amide bonds. The third-order valence-corrected chi connectivity index (χ3v) is 3.17. The topological polar surface area (TPSA) is 32.7 Å². The van der Waals surface area contributed by atoms with E-state index in [2.05, 4.69) is 34.2 Å². The number of hydrogen-bond acceptors (Lipinski definition) is 3. The summed E-state index contributed by atoms with van der Waals surface area (Å²) < 4.78 is 0. The summed E-state index contributed by atoms with van der Waals surface area (Å²) in [5.41, 5.74) is 2.50.